The first-order chi connectivity index (χ1) is 9.65. The Balaban J connectivity index is 1.93. The van der Waals surface area contributed by atoms with Gasteiger partial charge in [0.15, 0.2) is 0 Å². The molecule has 0 spiro atoms. The van der Waals surface area contributed by atoms with Crippen LogP contribution in [0.2, 0.25) is 5.02 Å². The van der Waals surface area contributed by atoms with E-state index in [0.29, 0.717) is 16.8 Å². The van der Waals surface area contributed by atoms with E-state index < -0.39 is 5.82 Å². The van der Waals surface area contributed by atoms with Gasteiger partial charge < -0.3 is 9.73 Å². The summed E-state index contributed by atoms with van der Waals surface area (Å²) in [6, 6.07) is 11.1. The van der Waals surface area contributed by atoms with Crippen molar-refractivity contribution < 1.29 is 13.6 Å². The second-order valence-corrected chi connectivity index (χ2v) is 4.63. The van der Waals surface area contributed by atoms with Crippen LogP contribution in [0.1, 0.15) is 10.4 Å². The van der Waals surface area contributed by atoms with Crippen molar-refractivity contribution in [3.8, 4) is 0 Å². The minimum Gasteiger partial charge on any atom is -0.464 e. The SMILES string of the molecule is O=C(Nc1ccc(F)c(Cl)c1)c1cccc2ccoc12. The molecule has 1 aromatic heterocycles. The second kappa shape index (κ2) is 4.98. The maximum atomic E-state index is 13.1. The van der Waals surface area contributed by atoms with Crippen LogP contribution in [-0.2, 0) is 0 Å². The molecule has 0 aliphatic carbocycles. The number of benzene rings is 2. The molecule has 3 aromatic rings. The van der Waals surface area contributed by atoms with E-state index >= 15 is 0 Å². The molecule has 3 nitrogen and oxygen atoms in total. The summed E-state index contributed by atoms with van der Waals surface area (Å²) in [6.45, 7) is 0. The quantitative estimate of drug-likeness (QED) is 0.756. The van der Waals surface area contributed by atoms with E-state index in [4.69, 9.17) is 16.0 Å². The van der Waals surface area contributed by atoms with Gasteiger partial charge in [-0.15, -0.1) is 0 Å². The van der Waals surface area contributed by atoms with Crippen LogP contribution in [0.4, 0.5) is 10.1 Å². The fourth-order valence-corrected chi connectivity index (χ4v) is 2.12. The zero-order valence-electron chi connectivity index (χ0n) is 10.2. The predicted molar refractivity (Wildman–Crippen MR) is 75.6 cm³/mol. The number of halogens is 2. The molecular weight excluding hydrogens is 281 g/mol. The first-order valence-corrected chi connectivity index (χ1v) is 6.25. The highest BCUT2D eigenvalue weighted by Crippen LogP contribution is 2.23. The fraction of sp³-hybridized carbons (Fsp3) is 0. The number of para-hydroxylation sites is 1. The van der Waals surface area contributed by atoms with Crippen LogP contribution in [0.5, 0.6) is 0 Å². The molecule has 1 amide bonds. The highest BCUT2D eigenvalue weighted by molar-refractivity contribution is 6.31. The van der Waals surface area contributed by atoms with Gasteiger partial charge in [0.2, 0.25) is 0 Å². The Morgan fingerprint density at radius 1 is 1.20 bits per heavy atom. The number of carbonyl (C=O) groups excluding carboxylic acids is 1. The highest BCUT2D eigenvalue weighted by Gasteiger charge is 2.13. The van der Waals surface area contributed by atoms with Gasteiger partial charge in [0.05, 0.1) is 16.8 Å². The molecule has 100 valence electrons. The van der Waals surface area contributed by atoms with Gasteiger partial charge >= 0.3 is 0 Å². The molecule has 0 atom stereocenters. The van der Waals surface area contributed by atoms with Crippen molar-refractivity contribution in [2.24, 2.45) is 0 Å². The van der Waals surface area contributed by atoms with Crippen molar-refractivity contribution >= 4 is 34.2 Å². The van der Waals surface area contributed by atoms with Crippen LogP contribution in [0.25, 0.3) is 11.0 Å². The van der Waals surface area contributed by atoms with Gasteiger partial charge in [-0.25, -0.2) is 4.39 Å². The Labute approximate surface area is 119 Å². The van der Waals surface area contributed by atoms with Gasteiger partial charge in [-0.2, -0.15) is 0 Å². The summed E-state index contributed by atoms with van der Waals surface area (Å²) >= 11 is 5.68. The molecule has 0 aliphatic rings. The number of hydrogen-bond donors (Lipinski definition) is 1. The smallest absolute Gasteiger partial charge is 0.259 e. The van der Waals surface area contributed by atoms with Crippen molar-refractivity contribution in [1.82, 2.24) is 0 Å². The molecule has 0 unspecified atom stereocenters. The van der Waals surface area contributed by atoms with E-state index in [1.165, 1.54) is 24.5 Å². The summed E-state index contributed by atoms with van der Waals surface area (Å²) in [5.41, 5.74) is 1.34. The molecule has 3 rings (SSSR count). The van der Waals surface area contributed by atoms with E-state index in [0.717, 1.165) is 5.39 Å². The number of furan rings is 1. The highest BCUT2D eigenvalue weighted by atomic mass is 35.5. The number of amides is 1. The van der Waals surface area contributed by atoms with E-state index in [-0.39, 0.29) is 10.9 Å². The average molecular weight is 290 g/mol. The third-order valence-electron chi connectivity index (χ3n) is 2.90. The normalized spacial score (nSPS) is 10.7. The number of nitrogens with one attached hydrogen (secondary N) is 1. The molecule has 0 aliphatic heterocycles. The van der Waals surface area contributed by atoms with Crippen LogP contribution >= 0.6 is 11.6 Å². The summed E-state index contributed by atoms with van der Waals surface area (Å²) in [6.07, 6.45) is 1.52. The zero-order valence-corrected chi connectivity index (χ0v) is 10.9. The summed E-state index contributed by atoms with van der Waals surface area (Å²) < 4.78 is 18.4. The molecule has 5 heteroatoms. The van der Waals surface area contributed by atoms with Crippen LogP contribution in [0.15, 0.2) is 53.1 Å². The second-order valence-electron chi connectivity index (χ2n) is 4.23. The molecule has 2 aromatic carbocycles. The Bertz CT molecular complexity index is 797. The standard InChI is InChI=1S/C15H9ClFNO2/c16-12-8-10(4-5-13(12)17)18-15(19)11-3-1-2-9-6-7-20-14(9)11/h1-8H,(H,18,19). The number of fused-ring (bicyclic) bond motifs is 1. The number of hydrogen-bond acceptors (Lipinski definition) is 2. The number of anilines is 1. The van der Waals surface area contributed by atoms with E-state index in [2.05, 4.69) is 5.32 Å². The van der Waals surface area contributed by atoms with Crippen molar-refractivity contribution in [1.29, 1.82) is 0 Å². The first kappa shape index (κ1) is 12.7. The minimum absolute atomic E-state index is 0.0426. The van der Waals surface area contributed by atoms with Crippen molar-refractivity contribution in [3.63, 3.8) is 0 Å². The minimum atomic E-state index is -0.530. The van der Waals surface area contributed by atoms with Gasteiger partial charge in [-0.3, -0.25) is 4.79 Å². The van der Waals surface area contributed by atoms with Crippen LogP contribution < -0.4 is 5.32 Å². The summed E-state index contributed by atoms with van der Waals surface area (Å²) in [7, 11) is 0. The van der Waals surface area contributed by atoms with E-state index in [1.807, 2.05) is 6.07 Å². The Hall–Kier alpha value is -2.33. The average Bonchev–Trinajstić information content (AvgIpc) is 2.91. The molecule has 0 bridgehead atoms. The predicted octanol–water partition coefficient (Wildman–Crippen LogP) is 4.48. The van der Waals surface area contributed by atoms with Gasteiger partial charge in [0.1, 0.15) is 11.4 Å². The van der Waals surface area contributed by atoms with Crippen LogP contribution in [0, 0.1) is 5.82 Å². The number of carbonyl (C=O) groups is 1. The first-order valence-electron chi connectivity index (χ1n) is 5.88. The lowest BCUT2D eigenvalue weighted by Crippen LogP contribution is -2.12. The Morgan fingerprint density at radius 3 is 2.85 bits per heavy atom. The Morgan fingerprint density at radius 2 is 2.05 bits per heavy atom. The molecule has 1 heterocycles. The molecule has 1 N–H and O–H groups in total. The lowest BCUT2D eigenvalue weighted by Gasteiger charge is -2.06. The zero-order chi connectivity index (χ0) is 14.1. The maximum absolute atomic E-state index is 13.1. The lowest BCUT2D eigenvalue weighted by atomic mass is 10.1. The summed E-state index contributed by atoms with van der Waals surface area (Å²) in [5, 5.41) is 3.46. The van der Waals surface area contributed by atoms with Crippen LogP contribution in [0.3, 0.4) is 0 Å². The van der Waals surface area contributed by atoms with E-state index in [1.54, 1.807) is 18.2 Å². The fourth-order valence-electron chi connectivity index (χ4n) is 1.94. The van der Waals surface area contributed by atoms with Gasteiger partial charge in [-0.1, -0.05) is 23.7 Å². The van der Waals surface area contributed by atoms with Gasteiger partial charge in [-0.05, 0) is 30.3 Å². The summed E-state index contributed by atoms with van der Waals surface area (Å²) in [4.78, 5) is 12.2. The van der Waals surface area contributed by atoms with Crippen molar-refractivity contribution in [3.05, 3.63) is 65.1 Å². The van der Waals surface area contributed by atoms with Crippen molar-refractivity contribution in [2.75, 3.05) is 5.32 Å². The molecule has 20 heavy (non-hydrogen) atoms. The lowest BCUT2D eigenvalue weighted by molar-refractivity contribution is 0.102. The largest absolute Gasteiger partial charge is 0.464 e. The molecular formula is C15H9ClFNO2. The third kappa shape index (κ3) is 2.26. The molecule has 0 fully saturated rings. The maximum Gasteiger partial charge on any atom is 0.259 e. The van der Waals surface area contributed by atoms with Crippen LogP contribution in [-0.4, -0.2) is 5.91 Å². The van der Waals surface area contributed by atoms with Gasteiger partial charge in [0.25, 0.3) is 5.91 Å². The number of rotatable bonds is 2. The monoisotopic (exact) mass is 289 g/mol. The Kier molecular flexibility index (Phi) is 3.16. The van der Waals surface area contributed by atoms with Crippen molar-refractivity contribution in [2.45, 2.75) is 0 Å². The van der Waals surface area contributed by atoms with Gasteiger partial charge in [0, 0.05) is 11.1 Å². The van der Waals surface area contributed by atoms with E-state index in [9.17, 15) is 9.18 Å². The third-order valence-corrected chi connectivity index (χ3v) is 3.19. The topological polar surface area (TPSA) is 42.2 Å². The molecule has 0 radical (unpaired) electrons. The molecule has 0 saturated carbocycles. The molecule has 0 saturated heterocycles. The summed E-state index contributed by atoms with van der Waals surface area (Å²) in [5.74, 6) is -0.869.